The van der Waals surface area contributed by atoms with Crippen LogP contribution in [-0.2, 0) is 16.1 Å². The first kappa shape index (κ1) is 13.5. The van der Waals surface area contributed by atoms with E-state index in [4.69, 9.17) is 16.3 Å². The maximum atomic E-state index is 11.4. The number of ether oxygens (including phenoxy) is 1. The third-order valence-electron chi connectivity index (χ3n) is 2.48. The van der Waals surface area contributed by atoms with Crippen molar-refractivity contribution in [1.82, 2.24) is 5.10 Å². The largest absolute Gasteiger partial charge is 0.461 e. The summed E-state index contributed by atoms with van der Waals surface area (Å²) in [5, 5.41) is 5.05. The maximum Gasteiger partial charge on any atom is 0.375 e. The predicted molar refractivity (Wildman–Crippen MR) is 71.5 cm³/mol. The van der Waals surface area contributed by atoms with Crippen LogP contribution < -0.4 is 4.68 Å². The number of carbonyl (C=O) groups excluding carboxylic acids is 1. The van der Waals surface area contributed by atoms with E-state index in [2.05, 4.69) is 5.10 Å². The molecule has 4 nitrogen and oxygen atoms in total. The van der Waals surface area contributed by atoms with Crippen molar-refractivity contribution < 1.29 is 14.2 Å². The van der Waals surface area contributed by atoms with Gasteiger partial charge in [-0.2, -0.15) is 0 Å². The SMILES string of the molecule is CCOC(=O)C[n+]1cccc(-c2ccc(Cl)cc2)n1. The molecule has 0 amide bonds. The Balaban J connectivity index is 2.19. The van der Waals surface area contributed by atoms with Gasteiger partial charge in [0, 0.05) is 21.8 Å². The molecule has 0 atom stereocenters. The van der Waals surface area contributed by atoms with E-state index in [0.717, 1.165) is 11.3 Å². The minimum Gasteiger partial charge on any atom is -0.461 e. The summed E-state index contributed by atoms with van der Waals surface area (Å²) in [6.07, 6.45) is 1.73. The molecule has 0 aliphatic heterocycles. The Morgan fingerprint density at radius 3 is 2.74 bits per heavy atom. The van der Waals surface area contributed by atoms with Crippen LogP contribution in [0.2, 0.25) is 5.02 Å². The molecule has 2 aromatic rings. The lowest BCUT2D eigenvalue weighted by atomic mass is 10.1. The van der Waals surface area contributed by atoms with E-state index < -0.39 is 0 Å². The Labute approximate surface area is 116 Å². The number of hydrogen-bond acceptors (Lipinski definition) is 3. The first-order valence-electron chi connectivity index (χ1n) is 5.97. The van der Waals surface area contributed by atoms with Crippen LogP contribution in [0.1, 0.15) is 6.92 Å². The van der Waals surface area contributed by atoms with E-state index in [-0.39, 0.29) is 12.5 Å². The van der Waals surface area contributed by atoms with Crippen molar-refractivity contribution in [2.24, 2.45) is 0 Å². The number of benzene rings is 1. The predicted octanol–water partition coefficient (Wildman–Crippen LogP) is 2.25. The Kier molecular flexibility index (Phi) is 4.47. The molecule has 0 radical (unpaired) electrons. The fourth-order valence-corrected chi connectivity index (χ4v) is 1.77. The minimum atomic E-state index is -0.298. The van der Waals surface area contributed by atoms with Gasteiger partial charge in [-0.05, 0) is 25.1 Å². The normalized spacial score (nSPS) is 10.2. The molecule has 0 aliphatic carbocycles. The lowest BCUT2D eigenvalue weighted by molar-refractivity contribution is -0.742. The van der Waals surface area contributed by atoms with Crippen LogP contribution in [-0.4, -0.2) is 17.7 Å². The van der Waals surface area contributed by atoms with E-state index in [0.29, 0.717) is 11.6 Å². The van der Waals surface area contributed by atoms with Gasteiger partial charge in [-0.15, -0.1) is 0 Å². The summed E-state index contributed by atoms with van der Waals surface area (Å²) in [4.78, 5) is 11.4. The zero-order valence-electron chi connectivity index (χ0n) is 10.5. The summed E-state index contributed by atoms with van der Waals surface area (Å²) in [6.45, 7) is 2.26. The second kappa shape index (κ2) is 6.29. The number of rotatable bonds is 4. The van der Waals surface area contributed by atoms with Crippen molar-refractivity contribution in [3.8, 4) is 11.3 Å². The summed E-state index contributed by atoms with van der Waals surface area (Å²) >= 11 is 5.85. The second-order valence-electron chi connectivity index (χ2n) is 3.90. The van der Waals surface area contributed by atoms with Crippen molar-refractivity contribution in [3.05, 3.63) is 47.6 Å². The van der Waals surface area contributed by atoms with Crippen molar-refractivity contribution >= 4 is 17.6 Å². The average Bonchev–Trinajstić information content (AvgIpc) is 2.40. The van der Waals surface area contributed by atoms with Gasteiger partial charge in [0.2, 0.25) is 0 Å². The van der Waals surface area contributed by atoms with Crippen LogP contribution in [0.25, 0.3) is 11.3 Å². The molecule has 1 heterocycles. The van der Waals surface area contributed by atoms with Crippen LogP contribution in [0.5, 0.6) is 0 Å². The summed E-state index contributed by atoms with van der Waals surface area (Å²) in [7, 11) is 0. The summed E-state index contributed by atoms with van der Waals surface area (Å²) in [5.41, 5.74) is 1.73. The van der Waals surface area contributed by atoms with Crippen molar-refractivity contribution in [2.75, 3.05) is 6.61 Å². The molecule has 0 saturated carbocycles. The molecule has 5 heteroatoms. The maximum absolute atomic E-state index is 11.4. The number of nitrogens with zero attached hydrogens (tertiary/aromatic N) is 2. The highest BCUT2D eigenvalue weighted by molar-refractivity contribution is 6.30. The number of carbonyl (C=O) groups is 1. The minimum absolute atomic E-state index is 0.106. The Bertz CT molecular complexity index is 570. The first-order chi connectivity index (χ1) is 9.19. The van der Waals surface area contributed by atoms with Crippen molar-refractivity contribution in [3.63, 3.8) is 0 Å². The molecule has 1 aromatic heterocycles. The summed E-state index contributed by atoms with van der Waals surface area (Å²) in [6, 6.07) is 11.1. The molecule has 0 aliphatic rings. The van der Waals surface area contributed by atoms with Gasteiger partial charge in [-0.25, -0.2) is 4.79 Å². The number of halogens is 1. The van der Waals surface area contributed by atoms with Gasteiger partial charge in [-0.3, -0.25) is 0 Å². The van der Waals surface area contributed by atoms with Crippen LogP contribution in [0.4, 0.5) is 0 Å². The van der Waals surface area contributed by atoms with Crippen LogP contribution in [0.15, 0.2) is 42.6 Å². The molecule has 2 rings (SSSR count). The van der Waals surface area contributed by atoms with Crippen LogP contribution in [0, 0.1) is 0 Å². The van der Waals surface area contributed by atoms with E-state index in [1.54, 1.807) is 29.9 Å². The zero-order chi connectivity index (χ0) is 13.7. The molecule has 0 saturated heterocycles. The molecule has 0 fully saturated rings. The van der Waals surface area contributed by atoms with Gasteiger partial charge < -0.3 is 4.74 Å². The van der Waals surface area contributed by atoms with Gasteiger partial charge in [-0.1, -0.05) is 28.4 Å². The Hall–Kier alpha value is -1.94. The lowest BCUT2D eigenvalue weighted by Crippen LogP contribution is -2.42. The number of aromatic nitrogens is 2. The molecule has 0 unspecified atom stereocenters. The molecule has 19 heavy (non-hydrogen) atoms. The second-order valence-corrected chi connectivity index (χ2v) is 4.34. The fraction of sp³-hybridized carbons (Fsp3) is 0.214. The Morgan fingerprint density at radius 2 is 2.05 bits per heavy atom. The molecule has 0 spiro atoms. The monoisotopic (exact) mass is 277 g/mol. The van der Waals surface area contributed by atoms with Gasteiger partial charge in [0.1, 0.15) is 5.69 Å². The van der Waals surface area contributed by atoms with Crippen LogP contribution >= 0.6 is 11.6 Å². The Morgan fingerprint density at radius 1 is 1.32 bits per heavy atom. The molecular weight excluding hydrogens is 264 g/mol. The standard InChI is InChI=1S/C14H14ClN2O2/c1-2-19-14(18)10-17-9-3-4-13(16-17)11-5-7-12(15)8-6-11/h3-9H,2,10H2,1H3/q+1. The lowest BCUT2D eigenvalue weighted by Gasteiger charge is -2.00. The quantitative estimate of drug-likeness (QED) is 0.636. The third-order valence-corrected chi connectivity index (χ3v) is 2.74. The van der Waals surface area contributed by atoms with E-state index in [1.807, 2.05) is 24.3 Å². The van der Waals surface area contributed by atoms with Crippen molar-refractivity contribution in [1.29, 1.82) is 0 Å². The van der Waals surface area contributed by atoms with Gasteiger partial charge in [0.25, 0.3) is 6.54 Å². The number of hydrogen-bond donors (Lipinski definition) is 0. The molecule has 0 N–H and O–H groups in total. The first-order valence-corrected chi connectivity index (χ1v) is 6.35. The van der Waals surface area contributed by atoms with E-state index in [9.17, 15) is 4.79 Å². The zero-order valence-corrected chi connectivity index (χ0v) is 11.3. The van der Waals surface area contributed by atoms with Gasteiger partial charge in [0.05, 0.1) is 6.61 Å². The molecular formula is C14H14ClN2O2+. The molecule has 98 valence electrons. The van der Waals surface area contributed by atoms with Gasteiger partial charge in [0.15, 0.2) is 6.20 Å². The topological polar surface area (TPSA) is 43.1 Å². The fourth-order valence-electron chi connectivity index (χ4n) is 1.64. The smallest absolute Gasteiger partial charge is 0.375 e. The molecule has 1 aromatic carbocycles. The van der Waals surface area contributed by atoms with Crippen LogP contribution in [0.3, 0.4) is 0 Å². The van der Waals surface area contributed by atoms with E-state index >= 15 is 0 Å². The van der Waals surface area contributed by atoms with Gasteiger partial charge >= 0.3 is 5.97 Å². The third kappa shape index (κ3) is 3.76. The van der Waals surface area contributed by atoms with E-state index in [1.165, 1.54) is 0 Å². The van der Waals surface area contributed by atoms with Crippen molar-refractivity contribution in [2.45, 2.75) is 13.5 Å². The highest BCUT2D eigenvalue weighted by Gasteiger charge is 2.13. The summed E-state index contributed by atoms with van der Waals surface area (Å²) in [5.74, 6) is -0.298. The highest BCUT2D eigenvalue weighted by Crippen LogP contribution is 2.17. The highest BCUT2D eigenvalue weighted by atomic mass is 35.5. The summed E-state index contributed by atoms with van der Waals surface area (Å²) < 4.78 is 6.45. The molecule has 0 bridgehead atoms. The average molecular weight is 278 g/mol. The number of esters is 1.